The fourth-order valence-corrected chi connectivity index (χ4v) is 4.59. The Morgan fingerprint density at radius 3 is 2.36 bits per heavy atom. The number of pyridine rings is 1. The lowest BCUT2D eigenvalue weighted by atomic mass is 10.0. The van der Waals surface area contributed by atoms with Crippen molar-refractivity contribution >= 4 is 16.9 Å². The highest BCUT2D eigenvalue weighted by atomic mass is 16.2. The molecule has 0 saturated carbocycles. The molecular formula is C27H29N5O. The molecular weight excluding hydrogens is 410 g/mol. The number of piperazine rings is 1. The minimum Gasteiger partial charge on any atom is -0.339 e. The molecule has 0 spiro atoms. The van der Waals surface area contributed by atoms with Gasteiger partial charge in [0.05, 0.1) is 5.69 Å². The summed E-state index contributed by atoms with van der Waals surface area (Å²) < 4.78 is 1.76. The lowest BCUT2D eigenvalue weighted by molar-refractivity contribution is -0.133. The number of fused-ring (bicyclic) bond motifs is 1. The van der Waals surface area contributed by atoms with Gasteiger partial charge in [0.1, 0.15) is 6.54 Å². The van der Waals surface area contributed by atoms with Gasteiger partial charge in [0.15, 0.2) is 5.65 Å². The predicted molar refractivity (Wildman–Crippen MR) is 131 cm³/mol. The SMILES string of the molecule is Cc1ccc(-c2ccnc3c2c(C)nn3CC(=O)N2CCN(Cc3ccccc3)CC2)cc1. The van der Waals surface area contributed by atoms with Gasteiger partial charge in [-0.3, -0.25) is 9.69 Å². The zero-order valence-electron chi connectivity index (χ0n) is 19.2. The molecule has 1 aliphatic heterocycles. The fourth-order valence-electron chi connectivity index (χ4n) is 4.59. The Morgan fingerprint density at radius 1 is 0.909 bits per heavy atom. The maximum Gasteiger partial charge on any atom is 0.244 e. The van der Waals surface area contributed by atoms with E-state index in [9.17, 15) is 4.79 Å². The first-order chi connectivity index (χ1) is 16.1. The van der Waals surface area contributed by atoms with Crippen LogP contribution in [0.15, 0.2) is 66.9 Å². The summed E-state index contributed by atoms with van der Waals surface area (Å²) in [6, 6.07) is 21.0. The monoisotopic (exact) mass is 439 g/mol. The van der Waals surface area contributed by atoms with Crippen LogP contribution in [0.1, 0.15) is 16.8 Å². The van der Waals surface area contributed by atoms with Crippen LogP contribution < -0.4 is 0 Å². The van der Waals surface area contributed by atoms with Crippen molar-refractivity contribution in [3.8, 4) is 11.1 Å². The lowest BCUT2D eigenvalue weighted by Gasteiger charge is -2.34. The van der Waals surface area contributed by atoms with Gasteiger partial charge in [-0.1, -0.05) is 60.2 Å². The maximum absolute atomic E-state index is 13.1. The molecule has 168 valence electrons. The third-order valence-electron chi connectivity index (χ3n) is 6.43. The number of aromatic nitrogens is 3. The average Bonchev–Trinajstić information content (AvgIpc) is 3.16. The number of carbonyl (C=O) groups excluding carboxylic acids is 1. The summed E-state index contributed by atoms with van der Waals surface area (Å²) in [7, 11) is 0. The summed E-state index contributed by atoms with van der Waals surface area (Å²) in [6.07, 6.45) is 1.81. The molecule has 1 fully saturated rings. The average molecular weight is 440 g/mol. The number of aryl methyl sites for hydroxylation is 2. The van der Waals surface area contributed by atoms with Gasteiger partial charge >= 0.3 is 0 Å². The zero-order chi connectivity index (χ0) is 22.8. The second-order valence-corrected chi connectivity index (χ2v) is 8.81. The van der Waals surface area contributed by atoms with Crippen molar-refractivity contribution in [2.45, 2.75) is 26.9 Å². The molecule has 2 aromatic heterocycles. The molecule has 1 saturated heterocycles. The van der Waals surface area contributed by atoms with E-state index in [1.54, 1.807) is 4.68 Å². The summed E-state index contributed by atoms with van der Waals surface area (Å²) >= 11 is 0. The Labute approximate surface area is 194 Å². The third-order valence-corrected chi connectivity index (χ3v) is 6.43. The Bertz CT molecular complexity index is 1260. The van der Waals surface area contributed by atoms with Crippen LogP contribution in [-0.2, 0) is 17.9 Å². The highest BCUT2D eigenvalue weighted by Gasteiger charge is 2.23. The first kappa shape index (κ1) is 21.3. The molecule has 0 bridgehead atoms. The van der Waals surface area contributed by atoms with E-state index in [-0.39, 0.29) is 12.5 Å². The van der Waals surface area contributed by atoms with E-state index in [0.29, 0.717) is 0 Å². The largest absolute Gasteiger partial charge is 0.339 e. The Kier molecular flexibility index (Phi) is 5.92. The lowest BCUT2D eigenvalue weighted by Crippen LogP contribution is -2.49. The predicted octanol–water partition coefficient (Wildman–Crippen LogP) is 4.06. The van der Waals surface area contributed by atoms with E-state index in [4.69, 9.17) is 5.10 Å². The van der Waals surface area contributed by atoms with Gasteiger partial charge in [0.25, 0.3) is 0 Å². The van der Waals surface area contributed by atoms with Crippen molar-refractivity contribution < 1.29 is 4.79 Å². The van der Waals surface area contributed by atoms with Crippen molar-refractivity contribution in [2.75, 3.05) is 26.2 Å². The zero-order valence-corrected chi connectivity index (χ0v) is 19.2. The summed E-state index contributed by atoms with van der Waals surface area (Å²) in [6.45, 7) is 8.47. The van der Waals surface area contributed by atoms with E-state index in [1.807, 2.05) is 30.2 Å². The fraction of sp³-hybridized carbons (Fsp3) is 0.296. The van der Waals surface area contributed by atoms with Gasteiger partial charge in [-0.2, -0.15) is 5.10 Å². The Morgan fingerprint density at radius 2 is 1.64 bits per heavy atom. The Balaban J connectivity index is 1.29. The van der Waals surface area contributed by atoms with Gasteiger partial charge < -0.3 is 4.90 Å². The van der Waals surface area contributed by atoms with Gasteiger partial charge in [0.2, 0.25) is 5.91 Å². The number of benzene rings is 2. The van der Waals surface area contributed by atoms with Crippen molar-refractivity contribution in [2.24, 2.45) is 0 Å². The van der Waals surface area contributed by atoms with Crippen molar-refractivity contribution in [3.63, 3.8) is 0 Å². The third kappa shape index (κ3) is 4.52. The summed E-state index contributed by atoms with van der Waals surface area (Å²) in [5.41, 5.74) is 6.44. The molecule has 1 amide bonds. The molecule has 0 radical (unpaired) electrons. The quantitative estimate of drug-likeness (QED) is 0.471. The van der Waals surface area contributed by atoms with Crippen LogP contribution in [0, 0.1) is 13.8 Å². The number of carbonyl (C=O) groups is 1. The van der Waals surface area contributed by atoms with Gasteiger partial charge in [-0.05, 0) is 36.6 Å². The van der Waals surface area contributed by atoms with Gasteiger partial charge in [0, 0.05) is 44.3 Å². The molecule has 33 heavy (non-hydrogen) atoms. The van der Waals surface area contributed by atoms with E-state index < -0.39 is 0 Å². The normalized spacial score (nSPS) is 14.7. The van der Waals surface area contributed by atoms with Gasteiger partial charge in [-0.15, -0.1) is 0 Å². The number of amides is 1. The molecule has 0 unspecified atom stereocenters. The van der Waals surface area contributed by atoms with Crippen LogP contribution in [0.5, 0.6) is 0 Å². The van der Waals surface area contributed by atoms with Crippen LogP contribution in [0.25, 0.3) is 22.2 Å². The van der Waals surface area contributed by atoms with E-state index >= 15 is 0 Å². The first-order valence-corrected chi connectivity index (χ1v) is 11.5. The van der Waals surface area contributed by atoms with Crippen LogP contribution >= 0.6 is 0 Å². The van der Waals surface area contributed by atoms with Crippen molar-refractivity contribution in [3.05, 3.63) is 83.7 Å². The topological polar surface area (TPSA) is 54.3 Å². The van der Waals surface area contributed by atoms with Crippen LogP contribution in [-0.4, -0.2) is 56.7 Å². The summed E-state index contributed by atoms with van der Waals surface area (Å²) in [4.78, 5) is 22.0. The molecule has 0 aliphatic carbocycles. The first-order valence-electron chi connectivity index (χ1n) is 11.5. The smallest absolute Gasteiger partial charge is 0.244 e. The van der Waals surface area contributed by atoms with Gasteiger partial charge in [-0.25, -0.2) is 9.67 Å². The molecule has 5 rings (SSSR count). The van der Waals surface area contributed by atoms with E-state index in [1.165, 1.54) is 11.1 Å². The van der Waals surface area contributed by atoms with Crippen molar-refractivity contribution in [1.29, 1.82) is 0 Å². The molecule has 0 atom stereocenters. The molecule has 4 aromatic rings. The molecule has 1 aliphatic rings. The van der Waals surface area contributed by atoms with Crippen LogP contribution in [0.4, 0.5) is 0 Å². The summed E-state index contributed by atoms with van der Waals surface area (Å²) in [5, 5.41) is 5.71. The Hall–Kier alpha value is -3.51. The highest BCUT2D eigenvalue weighted by Crippen LogP contribution is 2.30. The number of hydrogen-bond donors (Lipinski definition) is 0. The highest BCUT2D eigenvalue weighted by molar-refractivity contribution is 5.95. The minimum atomic E-state index is 0.0984. The second-order valence-electron chi connectivity index (χ2n) is 8.81. The molecule has 6 nitrogen and oxygen atoms in total. The number of rotatable bonds is 5. The van der Waals surface area contributed by atoms with Crippen LogP contribution in [0.2, 0.25) is 0 Å². The molecule has 6 heteroatoms. The maximum atomic E-state index is 13.1. The van der Waals surface area contributed by atoms with Crippen LogP contribution in [0.3, 0.4) is 0 Å². The number of nitrogens with zero attached hydrogens (tertiary/aromatic N) is 5. The molecule has 2 aromatic carbocycles. The standard InChI is InChI=1S/C27H29N5O/c1-20-8-10-23(11-9-20)24-12-13-28-27-26(24)21(2)29-32(27)19-25(33)31-16-14-30(15-17-31)18-22-6-4-3-5-7-22/h3-13H,14-19H2,1-2H3. The molecule has 3 heterocycles. The molecule has 0 N–H and O–H groups in total. The van der Waals surface area contributed by atoms with E-state index in [0.717, 1.165) is 60.6 Å². The second kappa shape index (κ2) is 9.16. The minimum absolute atomic E-state index is 0.0984. The van der Waals surface area contributed by atoms with E-state index in [2.05, 4.69) is 65.3 Å². The van der Waals surface area contributed by atoms with Crippen molar-refractivity contribution in [1.82, 2.24) is 24.6 Å². The number of hydrogen-bond acceptors (Lipinski definition) is 4. The summed E-state index contributed by atoms with van der Waals surface area (Å²) in [5.74, 6) is 0.0984.